The van der Waals surface area contributed by atoms with Crippen LogP contribution in [0.15, 0.2) is 20.5 Å². The lowest BCUT2D eigenvalue weighted by molar-refractivity contribution is -0.322. The fourth-order valence-electron chi connectivity index (χ4n) is 3.98. The number of carbonyl (C=O) groups is 2. The van der Waals surface area contributed by atoms with E-state index in [1.165, 1.54) is 0 Å². The van der Waals surface area contributed by atoms with E-state index in [1.807, 2.05) is 0 Å². The molecule has 37 heavy (non-hydrogen) atoms. The summed E-state index contributed by atoms with van der Waals surface area (Å²) in [5, 5.41) is 23.9. The van der Waals surface area contributed by atoms with Crippen LogP contribution in [0.1, 0.15) is 20.3 Å². The lowest BCUT2D eigenvalue weighted by Crippen LogP contribution is -2.66. The predicted octanol–water partition coefficient (Wildman–Crippen LogP) is 2.71. The third kappa shape index (κ3) is 6.78. The van der Waals surface area contributed by atoms with E-state index < -0.39 is 79.3 Å². The summed E-state index contributed by atoms with van der Waals surface area (Å²) in [6.45, 7) is 1.06. The van der Waals surface area contributed by atoms with Crippen LogP contribution in [-0.2, 0) is 28.5 Å². The molecule has 2 rings (SSSR count). The summed E-state index contributed by atoms with van der Waals surface area (Å²) < 4.78 is 51.4. The second kappa shape index (κ2) is 12.8. The maximum absolute atomic E-state index is 15.4. The molecular formula is C16H20F2N12O7. The smallest absolute Gasteiger partial charge is 0.303 e. The Morgan fingerprint density at radius 3 is 2.05 bits per heavy atom. The van der Waals surface area contributed by atoms with Crippen LogP contribution in [0.4, 0.5) is 8.78 Å². The van der Waals surface area contributed by atoms with E-state index in [1.54, 1.807) is 0 Å². The van der Waals surface area contributed by atoms with Crippen molar-refractivity contribution >= 4 is 11.9 Å². The first-order chi connectivity index (χ1) is 17.5. The summed E-state index contributed by atoms with van der Waals surface area (Å²) >= 11 is 0. The lowest BCUT2D eigenvalue weighted by atomic mass is 9.84. The molecule has 1 saturated carbocycles. The molecule has 200 valence electrons. The number of nitrogens with zero attached hydrogens (tertiary/aromatic N) is 12. The summed E-state index contributed by atoms with van der Waals surface area (Å²) in [5.74, 6) is -6.18. The van der Waals surface area contributed by atoms with E-state index in [0.717, 1.165) is 13.8 Å². The molecule has 0 unspecified atom stereocenters. The van der Waals surface area contributed by atoms with Crippen molar-refractivity contribution < 1.29 is 42.4 Å². The van der Waals surface area contributed by atoms with Gasteiger partial charge in [0.1, 0.15) is 18.3 Å². The average Bonchev–Trinajstić information content (AvgIpc) is 2.81. The zero-order chi connectivity index (χ0) is 27.8. The zero-order valence-electron chi connectivity index (χ0n) is 19.1. The van der Waals surface area contributed by atoms with Crippen molar-refractivity contribution in [2.24, 2.45) is 20.5 Å². The highest BCUT2D eigenvalue weighted by atomic mass is 19.3. The zero-order valence-corrected chi connectivity index (χ0v) is 19.1. The minimum atomic E-state index is -4.15. The number of azide groups is 4. The first-order valence-corrected chi connectivity index (χ1v) is 10.4. The Labute approximate surface area is 205 Å². The molecule has 2 fully saturated rings. The van der Waals surface area contributed by atoms with Gasteiger partial charge in [0.05, 0.1) is 24.7 Å². The van der Waals surface area contributed by atoms with Crippen LogP contribution in [-0.4, -0.2) is 84.4 Å². The van der Waals surface area contributed by atoms with Gasteiger partial charge >= 0.3 is 11.9 Å². The van der Waals surface area contributed by atoms with Gasteiger partial charge in [0, 0.05) is 33.5 Å². The van der Waals surface area contributed by atoms with Crippen molar-refractivity contribution in [3.05, 3.63) is 41.8 Å². The van der Waals surface area contributed by atoms with E-state index in [-0.39, 0.29) is 6.42 Å². The molecular weight excluding hydrogens is 510 g/mol. The van der Waals surface area contributed by atoms with E-state index in [9.17, 15) is 14.7 Å². The number of rotatable bonds is 9. The van der Waals surface area contributed by atoms with Gasteiger partial charge in [-0.1, -0.05) is 20.5 Å². The van der Waals surface area contributed by atoms with Crippen molar-refractivity contribution in [1.29, 1.82) is 0 Å². The van der Waals surface area contributed by atoms with Gasteiger partial charge in [0.15, 0.2) is 18.4 Å². The van der Waals surface area contributed by atoms with Crippen LogP contribution in [0.2, 0.25) is 0 Å². The quantitative estimate of drug-likeness (QED) is 0.201. The maximum Gasteiger partial charge on any atom is 0.303 e. The third-order valence-corrected chi connectivity index (χ3v) is 5.38. The highest BCUT2D eigenvalue weighted by Crippen LogP contribution is 2.41. The van der Waals surface area contributed by atoms with Crippen molar-refractivity contribution in [1.82, 2.24) is 0 Å². The summed E-state index contributed by atoms with van der Waals surface area (Å²) in [7, 11) is 0. The molecule has 0 bridgehead atoms. The highest BCUT2D eigenvalue weighted by molar-refractivity contribution is 5.66. The number of halogens is 2. The second-order valence-electron chi connectivity index (χ2n) is 7.76. The Kier molecular flexibility index (Phi) is 10.0. The Balaban J connectivity index is 2.52. The number of hydrogen-bond acceptors (Lipinski definition) is 11. The Morgan fingerprint density at radius 2 is 1.54 bits per heavy atom. The normalized spacial score (nSPS) is 34.2. The van der Waals surface area contributed by atoms with Crippen LogP contribution in [0.3, 0.4) is 0 Å². The molecule has 1 N–H and O–H groups in total. The van der Waals surface area contributed by atoms with E-state index in [4.69, 9.17) is 36.3 Å². The summed E-state index contributed by atoms with van der Waals surface area (Å²) in [5.41, 5.74) is 35.3. The average molecular weight is 530 g/mol. The number of aliphatic hydroxyl groups is 1. The molecule has 0 radical (unpaired) electrons. The second-order valence-corrected chi connectivity index (χ2v) is 7.76. The van der Waals surface area contributed by atoms with Gasteiger partial charge in [-0.15, -0.1) is 0 Å². The van der Waals surface area contributed by atoms with Gasteiger partial charge in [-0.3, -0.25) is 9.59 Å². The summed E-state index contributed by atoms with van der Waals surface area (Å²) in [6, 6.07) is -5.09. The van der Waals surface area contributed by atoms with E-state index >= 15 is 8.78 Å². The number of aliphatic hydroxyl groups excluding tert-OH is 1. The maximum atomic E-state index is 15.4. The number of hydrogen-bond donors (Lipinski definition) is 1. The molecule has 1 heterocycles. The molecule has 0 aromatic heterocycles. The molecule has 0 aromatic carbocycles. The molecule has 1 aliphatic carbocycles. The molecule has 0 spiro atoms. The first kappa shape index (κ1) is 29.2. The minimum Gasteiger partial charge on any atom is -0.459 e. The van der Waals surface area contributed by atoms with Crippen molar-refractivity contribution in [3.63, 3.8) is 0 Å². The largest absolute Gasteiger partial charge is 0.459 e. The van der Waals surface area contributed by atoms with Crippen LogP contribution in [0.5, 0.6) is 0 Å². The van der Waals surface area contributed by atoms with Gasteiger partial charge in [-0.2, -0.15) is 0 Å². The standard InChI is InChI=1S/C16H20F2N12O7/c1-5(31)34-11-7(24-28-20)3-8(25-29-21)12(10(11)33)37-15-13(26-30-22)16(17,18)14(35-6(2)32)9(36-15)4-23-27-19/h7-15,33H,3-4H2,1-2H3/t7-,8+,9-,10-,11+,12-,13+,14-,15-/m1/s1. The molecule has 21 heteroatoms. The van der Waals surface area contributed by atoms with Crippen LogP contribution in [0.25, 0.3) is 41.8 Å². The molecule has 19 nitrogen and oxygen atoms in total. The number of carbonyl (C=O) groups excluding carboxylic acids is 2. The van der Waals surface area contributed by atoms with Gasteiger partial charge < -0.3 is 24.1 Å². The van der Waals surface area contributed by atoms with Gasteiger partial charge in [-0.25, -0.2) is 8.78 Å². The predicted molar refractivity (Wildman–Crippen MR) is 113 cm³/mol. The Morgan fingerprint density at radius 1 is 0.973 bits per heavy atom. The SMILES string of the molecule is CC(=O)O[C@@H]1[C@@H](O)[C@H](O[C@H]2O[C@H](CN=[N+]=[N-])[C@@H](OC(C)=O)C(F)(F)[C@H]2N=[N+]=[N-])[C@@H](N=[N+]=[N-])C[C@H]1N=[N+]=[N-]. The van der Waals surface area contributed by atoms with Crippen molar-refractivity contribution in [2.45, 2.75) is 81.1 Å². The number of esters is 2. The summed E-state index contributed by atoms with van der Waals surface area (Å²) in [4.78, 5) is 33.0. The molecule has 1 saturated heterocycles. The van der Waals surface area contributed by atoms with Crippen molar-refractivity contribution in [2.75, 3.05) is 6.54 Å². The Hall–Kier alpha value is -4.08. The monoisotopic (exact) mass is 530 g/mol. The first-order valence-electron chi connectivity index (χ1n) is 10.4. The number of ether oxygens (including phenoxy) is 4. The van der Waals surface area contributed by atoms with Gasteiger partial charge in [0.2, 0.25) is 0 Å². The summed E-state index contributed by atoms with van der Waals surface area (Å²) in [6.07, 6.45) is -11.9. The molecule has 9 atom stereocenters. The van der Waals surface area contributed by atoms with Crippen LogP contribution < -0.4 is 0 Å². The number of alkyl halides is 2. The van der Waals surface area contributed by atoms with Gasteiger partial charge in [0.25, 0.3) is 5.92 Å². The minimum absolute atomic E-state index is 0.346. The van der Waals surface area contributed by atoms with E-state index in [2.05, 4.69) is 44.8 Å². The lowest BCUT2D eigenvalue weighted by Gasteiger charge is -2.47. The molecule has 0 aromatic rings. The highest BCUT2D eigenvalue weighted by Gasteiger charge is 2.62. The van der Waals surface area contributed by atoms with Gasteiger partial charge in [-0.05, 0) is 28.5 Å². The van der Waals surface area contributed by atoms with Crippen LogP contribution >= 0.6 is 0 Å². The topological polar surface area (TPSA) is 286 Å². The fourth-order valence-corrected chi connectivity index (χ4v) is 3.98. The Bertz CT molecular complexity index is 1070. The van der Waals surface area contributed by atoms with E-state index in [0.29, 0.717) is 0 Å². The van der Waals surface area contributed by atoms with Crippen LogP contribution in [0, 0.1) is 0 Å². The third-order valence-electron chi connectivity index (χ3n) is 5.38. The fraction of sp³-hybridized carbons (Fsp3) is 0.875. The molecule has 2 aliphatic rings. The molecule has 1 aliphatic heterocycles. The van der Waals surface area contributed by atoms with Crippen molar-refractivity contribution in [3.8, 4) is 0 Å². The molecule has 0 amide bonds.